The first kappa shape index (κ1) is 13.8. The lowest BCUT2D eigenvalue weighted by molar-refractivity contribution is 0.424. The zero-order valence-corrected chi connectivity index (χ0v) is 11.6. The second kappa shape index (κ2) is 5.20. The third kappa shape index (κ3) is 3.06. The van der Waals surface area contributed by atoms with Crippen LogP contribution in [0.1, 0.15) is 26.3 Å². The van der Waals surface area contributed by atoms with Crippen molar-refractivity contribution in [3.63, 3.8) is 0 Å². The highest BCUT2D eigenvalue weighted by Gasteiger charge is 2.24. The number of hydrogen-bond donors (Lipinski definition) is 2. The van der Waals surface area contributed by atoms with Crippen molar-refractivity contribution in [1.82, 2.24) is 0 Å². The third-order valence-electron chi connectivity index (χ3n) is 3.24. The molecule has 0 radical (unpaired) electrons. The van der Waals surface area contributed by atoms with Crippen molar-refractivity contribution in [3.05, 3.63) is 54.1 Å². The first-order chi connectivity index (χ1) is 8.89. The summed E-state index contributed by atoms with van der Waals surface area (Å²) in [4.78, 5) is 0. The van der Waals surface area contributed by atoms with Gasteiger partial charge in [0.2, 0.25) is 0 Å². The van der Waals surface area contributed by atoms with Gasteiger partial charge in [0.1, 0.15) is 0 Å². The first-order valence-corrected chi connectivity index (χ1v) is 6.45. The summed E-state index contributed by atoms with van der Waals surface area (Å²) in [7, 11) is -1.45. The van der Waals surface area contributed by atoms with Crippen molar-refractivity contribution < 1.29 is 10.0 Å². The van der Waals surface area contributed by atoms with E-state index in [-0.39, 0.29) is 5.41 Å². The summed E-state index contributed by atoms with van der Waals surface area (Å²) in [6.07, 6.45) is 0. The molecule has 2 nitrogen and oxygen atoms in total. The van der Waals surface area contributed by atoms with Crippen LogP contribution in [-0.4, -0.2) is 17.2 Å². The molecule has 0 amide bonds. The van der Waals surface area contributed by atoms with E-state index >= 15 is 0 Å². The van der Waals surface area contributed by atoms with Crippen LogP contribution < -0.4 is 5.46 Å². The monoisotopic (exact) mass is 254 g/mol. The van der Waals surface area contributed by atoms with Gasteiger partial charge in [-0.1, -0.05) is 69.3 Å². The van der Waals surface area contributed by atoms with E-state index in [1.54, 1.807) is 0 Å². The lowest BCUT2D eigenvalue weighted by atomic mass is 9.69. The predicted molar refractivity (Wildman–Crippen MR) is 80.4 cm³/mol. The summed E-state index contributed by atoms with van der Waals surface area (Å²) in [5, 5.41) is 19.2. The molecule has 0 aromatic heterocycles. The lowest BCUT2D eigenvalue weighted by Crippen LogP contribution is -2.37. The van der Waals surface area contributed by atoms with Crippen LogP contribution in [-0.2, 0) is 5.41 Å². The molecule has 2 aromatic carbocycles. The fourth-order valence-corrected chi connectivity index (χ4v) is 2.27. The van der Waals surface area contributed by atoms with Crippen LogP contribution >= 0.6 is 0 Å². The lowest BCUT2D eigenvalue weighted by Gasteiger charge is -2.23. The van der Waals surface area contributed by atoms with Crippen LogP contribution in [0, 0.1) is 0 Å². The summed E-state index contributed by atoms with van der Waals surface area (Å²) in [6.45, 7) is 6.20. The maximum atomic E-state index is 9.59. The molecule has 0 aliphatic heterocycles. The molecule has 0 saturated carbocycles. The number of rotatable bonds is 2. The molecule has 0 heterocycles. The summed E-state index contributed by atoms with van der Waals surface area (Å²) in [5.74, 6) is 0. The van der Waals surface area contributed by atoms with Gasteiger partial charge in [-0.05, 0) is 27.6 Å². The van der Waals surface area contributed by atoms with Crippen molar-refractivity contribution in [2.75, 3.05) is 0 Å². The van der Waals surface area contributed by atoms with Crippen molar-refractivity contribution in [3.8, 4) is 11.1 Å². The number of benzene rings is 2. The molecule has 2 aromatic rings. The van der Waals surface area contributed by atoms with Crippen LogP contribution in [0.2, 0.25) is 0 Å². The van der Waals surface area contributed by atoms with Crippen LogP contribution in [0.3, 0.4) is 0 Å². The van der Waals surface area contributed by atoms with Crippen LogP contribution in [0.5, 0.6) is 0 Å². The van der Waals surface area contributed by atoms with E-state index in [2.05, 4.69) is 20.8 Å². The molecule has 2 rings (SSSR count). The normalized spacial score (nSPS) is 11.4. The average molecular weight is 254 g/mol. The molecule has 98 valence electrons. The van der Waals surface area contributed by atoms with Crippen molar-refractivity contribution in [2.24, 2.45) is 0 Å². The number of hydrogen-bond acceptors (Lipinski definition) is 2. The highest BCUT2D eigenvalue weighted by atomic mass is 16.4. The minimum absolute atomic E-state index is 0.117. The van der Waals surface area contributed by atoms with Gasteiger partial charge in [0.25, 0.3) is 0 Å². The Morgan fingerprint density at radius 2 is 1.47 bits per heavy atom. The molecule has 0 aliphatic rings. The van der Waals surface area contributed by atoms with Gasteiger partial charge in [-0.25, -0.2) is 0 Å². The molecule has 3 heteroatoms. The van der Waals surface area contributed by atoms with Gasteiger partial charge < -0.3 is 10.0 Å². The van der Waals surface area contributed by atoms with E-state index in [0.717, 1.165) is 16.7 Å². The average Bonchev–Trinajstić information content (AvgIpc) is 2.38. The Kier molecular flexibility index (Phi) is 3.79. The highest BCUT2D eigenvalue weighted by Crippen LogP contribution is 2.25. The van der Waals surface area contributed by atoms with E-state index in [4.69, 9.17) is 0 Å². The van der Waals surface area contributed by atoms with Gasteiger partial charge in [0.15, 0.2) is 0 Å². The molecule has 0 saturated heterocycles. The Morgan fingerprint density at radius 3 is 2.00 bits per heavy atom. The second-order valence-corrected chi connectivity index (χ2v) is 5.79. The standard InChI is InChI=1S/C16H19BO2/c1-16(2,3)14-10-9-13(11-15(14)17(18)19)12-7-5-4-6-8-12/h4-11,18-19H,1-3H3. The van der Waals surface area contributed by atoms with Crippen molar-refractivity contribution in [2.45, 2.75) is 26.2 Å². The highest BCUT2D eigenvalue weighted by molar-refractivity contribution is 6.59. The minimum atomic E-state index is -1.45. The third-order valence-corrected chi connectivity index (χ3v) is 3.24. The summed E-state index contributed by atoms with van der Waals surface area (Å²) in [5.41, 5.74) is 3.49. The van der Waals surface area contributed by atoms with Gasteiger partial charge in [-0.2, -0.15) is 0 Å². The Morgan fingerprint density at radius 1 is 0.842 bits per heavy atom. The zero-order chi connectivity index (χ0) is 14.0. The maximum Gasteiger partial charge on any atom is 0.488 e. The minimum Gasteiger partial charge on any atom is -0.423 e. The Hall–Kier alpha value is -1.58. The second-order valence-electron chi connectivity index (χ2n) is 5.79. The van der Waals surface area contributed by atoms with E-state index in [1.807, 2.05) is 48.5 Å². The van der Waals surface area contributed by atoms with Crippen LogP contribution in [0.4, 0.5) is 0 Å². The van der Waals surface area contributed by atoms with Crippen LogP contribution in [0.25, 0.3) is 11.1 Å². The van der Waals surface area contributed by atoms with Gasteiger partial charge in [-0.3, -0.25) is 0 Å². The van der Waals surface area contributed by atoms with Gasteiger partial charge in [0.05, 0.1) is 0 Å². The summed E-state index contributed by atoms with van der Waals surface area (Å²) < 4.78 is 0. The maximum absolute atomic E-state index is 9.59. The molecular formula is C16H19BO2. The van der Waals surface area contributed by atoms with Gasteiger partial charge >= 0.3 is 7.12 Å². The van der Waals surface area contributed by atoms with E-state index in [9.17, 15) is 10.0 Å². The predicted octanol–water partition coefficient (Wildman–Crippen LogP) is 2.33. The largest absolute Gasteiger partial charge is 0.488 e. The zero-order valence-electron chi connectivity index (χ0n) is 11.6. The molecule has 0 spiro atoms. The smallest absolute Gasteiger partial charge is 0.423 e. The van der Waals surface area contributed by atoms with Gasteiger partial charge in [0, 0.05) is 0 Å². The van der Waals surface area contributed by atoms with Crippen molar-refractivity contribution in [1.29, 1.82) is 0 Å². The molecule has 2 N–H and O–H groups in total. The molecule has 0 bridgehead atoms. The molecule has 19 heavy (non-hydrogen) atoms. The Labute approximate surface area is 114 Å². The quantitative estimate of drug-likeness (QED) is 0.807. The van der Waals surface area contributed by atoms with Gasteiger partial charge in [-0.15, -0.1) is 0 Å². The van der Waals surface area contributed by atoms with E-state index in [0.29, 0.717) is 5.46 Å². The SMILES string of the molecule is CC(C)(C)c1ccc(-c2ccccc2)cc1B(O)O. The first-order valence-electron chi connectivity index (χ1n) is 6.45. The van der Waals surface area contributed by atoms with Crippen molar-refractivity contribution >= 4 is 12.6 Å². The fraction of sp³-hybridized carbons (Fsp3) is 0.250. The Bertz CT molecular complexity index is 557. The fourth-order valence-electron chi connectivity index (χ4n) is 2.27. The van der Waals surface area contributed by atoms with E-state index < -0.39 is 7.12 Å². The van der Waals surface area contributed by atoms with E-state index in [1.165, 1.54) is 0 Å². The summed E-state index contributed by atoms with van der Waals surface area (Å²) >= 11 is 0. The molecule has 0 atom stereocenters. The topological polar surface area (TPSA) is 40.5 Å². The summed E-state index contributed by atoms with van der Waals surface area (Å²) in [6, 6.07) is 15.8. The molecular weight excluding hydrogens is 235 g/mol. The Balaban J connectivity index is 2.55. The molecule has 0 unspecified atom stereocenters. The molecule has 0 aliphatic carbocycles. The van der Waals surface area contributed by atoms with Crippen LogP contribution in [0.15, 0.2) is 48.5 Å². The molecule has 0 fully saturated rings.